The molecule has 1 aromatic carbocycles. The van der Waals surface area contributed by atoms with Gasteiger partial charge >= 0.3 is 12.0 Å². The van der Waals surface area contributed by atoms with Crippen molar-refractivity contribution >= 4 is 33.6 Å². The molecule has 5 nitrogen and oxygen atoms in total. The number of urea groups is 1. The predicted octanol–water partition coefficient (Wildman–Crippen LogP) is 2.92. The normalized spacial score (nSPS) is 10.1. The minimum absolute atomic E-state index is 0.000933. The second kappa shape index (κ2) is 7.08. The van der Waals surface area contributed by atoms with Gasteiger partial charge in [0.25, 0.3) is 0 Å². The lowest BCUT2D eigenvalue weighted by Crippen LogP contribution is -2.39. The molecule has 0 radical (unpaired) electrons. The third kappa shape index (κ3) is 4.51. The fourth-order valence-electron chi connectivity index (χ4n) is 1.49. The van der Waals surface area contributed by atoms with E-state index in [2.05, 4.69) is 21.2 Å². The summed E-state index contributed by atoms with van der Waals surface area (Å²) in [5, 5.41) is 11.1. The Hall–Kier alpha value is -1.63. The average Bonchev–Trinajstić information content (AvgIpc) is 2.32. The number of rotatable bonds is 5. The van der Waals surface area contributed by atoms with Crippen LogP contribution in [-0.4, -0.2) is 35.1 Å². The van der Waals surface area contributed by atoms with E-state index in [0.717, 1.165) is 4.90 Å². The number of aliphatic carboxylic acids is 1. The average molecular weight is 333 g/mol. The van der Waals surface area contributed by atoms with E-state index in [4.69, 9.17) is 5.11 Å². The van der Waals surface area contributed by atoms with Gasteiger partial charge in [-0.15, -0.1) is 0 Å². The van der Waals surface area contributed by atoms with Gasteiger partial charge in [0.05, 0.1) is 5.69 Å². The van der Waals surface area contributed by atoms with Crippen molar-refractivity contribution in [3.05, 3.63) is 28.5 Å². The van der Waals surface area contributed by atoms with Gasteiger partial charge in [0.2, 0.25) is 0 Å². The van der Waals surface area contributed by atoms with E-state index in [-0.39, 0.29) is 12.2 Å². The Balaban J connectivity index is 2.84. The summed E-state index contributed by atoms with van der Waals surface area (Å²) in [7, 11) is 0. The van der Waals surface area contributed by atoms with E-state index in [1.165, 1.54) is 12.1 Å². The van der Waals surface area contributed by atoms with Crippen LogP contribution in [0.5, 0.6) is 0 Å². The molecule has 19 heavy (non-hydrogen) atoms. The number of nitrogens with zero attached hydrogens (tertiary/aromatic N) is 1. The molecule has 0 unspecified atom stereocenters. The van der Waals surface area contributed by atoms with Crippen LogP contribution in [0.4, 0.5) is 14.9 Å². The number of anilines is 1. The lowest BCUT2D eigenvalue weighted by molar-refractivity contribution is -0.137. The number of amides is 2. The maximum Gasteiger partial charge on any atom is 0.323 e. The first-order valence-electron chi connectivity index (χ1n) is 5.67. The lowest BCUT2D eigenvalue weighted by Gasteiger charge is -2.21. The van der Waals surface area contributed by atoms with E-state index in [0.29, 0.717) is 10.9 Å². The van der Waals surface area contributed by atoms with Crippen LogP contribution in [-0.2, 0) is 4.79 Å². The summed E-state index contributed by atoms with van der Waals surface area (Å²) in [5.74, 6) is -1.70. The lowest BCUT2D eigenvalue weighted by atomic mass is 10.3. The van der Waals surface area contributed by atoms with Crippen molar-refractivity contribution < 1.29 is 19.1 Å². The van der Waals surface area contributed by atoms with Gasteiger partial charge in [-0.2, -0.15) is 0 Å². The maximum absolute atomic E-state index is 13.5. The van der Waals surface area contributed by atoms with Crippen LogP contribution >= 0.6 is 15.9 Å². The first-order valence-corrected chi connectivity index (χ1v) is 6.46. The van der Waals surface area contributed by atoms with Crippen LogP contribution < -0.4 is 5.32 Å². The zero-order valence-corrected chi connectivity index (χ0v) is 11.9. The quantitative estimate of drug-likeness (QED) is 0.870. The van der Waals surface area contributed by atoms with Crippen LogP contribution in [0.2, 0.25) is 0 Å². The third-order valence-electron chi connectivity index (χ3n) is 2.30. The molecule has 0 bridgehead atoms. The standard InChI is InChI=1S/C12H14BrFN2O3/c1-2-6-16(7-10(17)18)12(19)15-11-8(13)4-3-5-9(11)14/h3-5H,2,6-7H2,1H3,(H,15,19)(H,17,18). The molecular weight excluding hydrogens is 319 g/mol. The number of hydrogen-bond donors (Lipinski definition) is 2. The number of halogens is 2. The Bertz CT molecular complexity index is 462. The molecule has 104 valence electrons. The van der Waals surface area contributed by atoms with Gasteiger partial charge in [0.15, 0.2) is 0 Å². The van der Waals surface area contributed by atoms with Crippen molar-refractivity contribution in [3.8, 4) is 0 Å². The van der Waals surface area contributed by atoms with Gasteiger partial charge in [-0.05, 0) is 34.5 Å². The van der Waals surface area contributed by atoms with E-state index >= 15 is 0 Å². The van der Waals surface area contributed by atoms with Crippen LogP contribution in [0.15, 0.2) is 22.7 Å². The Morgan fingerprint density at radius 1 is 1.47 bits per heavy atom. The van der Waals surface area contributed by atoms with Gasteiger partial charge in [-0.1, -0.05) is 13.0 Å². The van der Waals surface area contributed by atoms with Crippen molar-refractivity contribution in [2.75, 3.05) is 18.4 Å². The highest BCUT2D eigenvalue weighted by Gasteiger charge is 2.18. The number of para-hydroxylation sites is 1. The minimum Gasteiger partial charge on any atom is -0.480 e. The summed E-state index contributed by atoms with van der Waals surface area (Å²) in [6, 6.07) is 3.65. The largest absolute Gasteiger partial charge is 0.480 e. The van der Waals surface area contributed by atoms with Crippen molar-refractivity contribution in [1.29, 1.82) is 0 Å². The fourth-order valence-corrected chi connectivity index (χ4v) is 1.93. The highest BCUT2D eigenvalue weighted by molar-refractivity contribution is 9.10. The number of carboxylic acids is 1. The highest BCUT2D eigenvalue weighted by Crippen LogP contribution is 2.25. The Labute approximate surface area is 118 Å². The molecule has 0 aliphatic heterocycles. The molecule has 2 N–H and O–H groups in total. The van der Waals surface area contributed by atoms with Gasteiger partial charge in [-0.3, -0.25) is 4.79 Å². The zero-order chi connectivity index (χ0) is 14.4. The highest BCUT2D eigenvalue weighted by atomic mass is 79.9. The molecular formula is C12H14BrFN2O3. The zero-order valence-electron chi connectivity index (χ0n) is 10.3. The van der Waals surface area contributed by atoms with Crippen molar-refractivity contribution in [3.63, 3.8) is 0 Å². The number of carboxylic acid groups (broad SMARTS) is 1. The molecule has 0 aromatic heterocycles. The monoisotopic (exact) mass is 332 g/mol. The molecule has 7 heteroatoms. The van der Waals surface area contributed by atoms with Gasteiger partial charge in [-0.25, -0.2) is 9.18 Å². The van der Waals surface area contributed by atoms with Crippen molar-refractivity contribution in [2.24, 2.45) is 0 Å². The molecule has 0 saturated carbocycles. The Morgan fingerprint density at radius 2 is 2.16 bits per heavy atom. The molecule has 2 amide bonds. The second-order valence-corrected chi connectivity index (χ2v) is 4.70. The van der Waals surface area contributed by atoms with E-state index in [1.807, 2.05) is 6.92 Å². The predicted molar refractivity (Wildman–Crippen MR) is 72.6 cm³/mol. The first kappa shape index (κ1) is 15.4. The SMILES string of the molecule is CCCN(CC(=O)O)C(=O)Nc1c(F)cccc1Br. The molecule has 0 heterocycles. The Kier molecular flexibility index (Phi) is 5.75. The first-order chi connectivity index (χ1) is 8.95. The summed E-state index contributed by atoms with van der Waals surface area (Å²) in [6.07, 6.45) is 0.610. The van der Waals surface area contributed by atoms with Crippen molar-refractivity contribution in [1.82, 2.24) is 4.90 Å². The number of benzene rings is 1. The van der Waals surface area contributed by atoms with E-state index < -0.39 is 24.4 Å². The molecule has 1 aromatic rings. The number of carbonyl (C=O) groups excluding carboxylic acids is 1. The van der Waals surface area contributed by atoms with Gasteiger partial charge < -0.3 is 15.3 Å². The summed E-state index contributed by atoms with van der Waals surface area (Å²) in [6.45, 7) is 1.68. The number of nitrogens with one attached hydrogen (secondary N) is 1. The van der Waals surface area contributed by atoms with Crippen LogP contribution in [0.25, 0.3) is 0 Å². The molecule has 0 aliphatic carbocycles. The second-order valence-electron chi connectivity index (χ2n) is 3.84. The van der Waals surface area contributed by atoms with E-state index in [9.17, 15) is 14.0 Å². The third-order valence-corrected chi connectivity index (χ3v) is 2.96. The molecule has 1 rings (SSSR count). The summed E-state index contributed by atoms with van der Waals surface area (Å²) < 4.78 is 13.9. The fraction of sp³-hybridized carbons (Fsp3) is 0.333. The van der Waals surface area contributed by atoms with Gasteiger partial charge in [0.1, 0.15) is 12.4 Å². The molecule has 0 aliphatic rings. The van der Waals surface area contributed by atoms with Crippen LogP contribution in [0.1, 0.15) is 13.3 Å². The maximum atomic E-state index is 13.5. The summed E-state index contributed by atoms with van der Waals surface area (Å²) >= 11 is 3.13. The molecule has 0 spiro atoms. The van der Waals surface area contributed by atoms with E-state index in [1.54, 1.807) is 6.07 Å². The smallest absolute Gasteiger partial charge is 0.323 e. The summed E-state index contributed by atoms with van der Waals surface area (Å²) in [5.41, 5.74) is -0.000933. The molecule has 0 saturated heterocycles. The topological polar surface area (TPSA) is 69.6 Å². The Morgan fingerprint density at radius 3 is 2.68 bits per heavy atom. The number of hydrogen-bond acceptors (Lipinski definition) is 2. The minimum atomic E-state index is -1.11. The van der Waals surface area contributed by atoms with Crippen molar-refractivity contribution in [2.45, 2.75) is 13.3 Å². The molecule has 0 atom stereocenters. The van der Waals surface area contributed by atoms with Crippen LogP contribution in [0.3, 0.4) is 0 Å². The summed E-state index contributed by atoms with van der Waals surface area (Å²) in [4.78, 5) is 23.7. The molecule has 0 fully saturated rings. The number of carbonyl (C=O) groups is 2. The van der Waals surface area contributed by atoms with Gasteiger partial charge in [0, 0.05) is 11.0 Å². The van der Waals surface area contributed by atoms with Crippen LogP contribution in [0, 0.1) is 5.82 Å².